The molecule has 2 unspecified atom stereocenters. The fourth-order valence-corrected chi connectivity index (χ4v) is 4.29. The van der Waals surface area contributed by atoms with Crippen molar-refractivity contribution < 1.29 is 15.0 Å². The summed E-state index contributed by atoms with van der Waals surface area (Å²) in [5.41, 5.74) is 0.769. The Kier molecular flexibility index (Phi) is 5.18. The minimum atomic E-state index is -1.48. The fourth-order valence-electron chi connectivity index (χ4n) is 3.31. The van der Waals surface area contributed by atoms with Crippen LogP contribution in [0.3, 0.4) is 0 Å². The first-order chi connectivity index (χ1) is 11.5. The smallest absolute Gasteiger partial charge is 0.254 e. The molecule has 5 nitrogen and oxygen atoms in total. The van der Waals surface area contributed by atoms with Crippen LogP contribution in [0.4, 0.5) is 0 Å². The van der Waals surface area contributed by atoms with Gasteiger partial charge in [-0.15, -0.1) is 11.3 Å². The molecule has 130 valence electrons. The molecule has 1 aromatic carbocycles. The van der Waals surface area contributed by atoms with E-state index < -0.39 is 18.1 Å². The number of hydrogen-bond donors (Lipinski definition) is 2. The van der Waals surface area contributed by atoms with E-state index >= 15 is 0 Å². The highest BCUT2D eigenvalue weighted by Gasteiger charge is 2.34. The lowest BCUT2D eigenvalue weighted by Gasteiger charge is -2.35. The third-order valence-electron chi connectivity index (χ3n) is 5.00. The SMILES string of the molecule is CC1CCC(N(C)C(=O)C(O)C(O)c2nc3ccccc3s2)CC1. The molecule has 2 N–H and O–H groups in total. The Labute approximate surface area is 145 Å². The van der Waals surface area contributed by atoms with Crippen LogP contribution in [0.5, 0.6) is 0 Å². The average Bonchev–Trinajstić information content (AvgIpc) is 3.04. The van der Waals surface area contributed by atoms with E-state index in [0.29, 0.717) is 10.9 Å². The number of para-hydroxylation sites is 1. The van der Waals surface area contributed by atoms with Crippen LogP contribution in [0.25, 0.3) is 10.2 Å². The molecule has 2 atom stereocenters. The second kappa shape index (κ2) is 7.17. The second-order valence-corrected chi connectivity index (χ2v) is 7.83. The first-order valence-corrected chi connectivity index (χ1v) is 9.27. The van der Waals surface area contributed by atoms with E-state index in [1.807, 2.05) is 24.3 Å². The van der Waals surface area contributed by atoms with E-state index in [1.54, 1.807) is 11.9 Å². The molecule has 1 saturated carbocycles. The van der Waals surface area contributed by atoms with Crippen LogP contribution in [0.15, 0.2) is 24.3 Å². The van der Waals surface area contributed by atoms with E-state index in [4.69, 9.17) is 0 Å². The third kappa shape index (κ3) is 3.45. The van der Waals surface area contributed by atoms with E-state index in [9.17, 15) is 15.0 Å². The number of thiazole rings is 1. The van der Waals surface area contributed by atoms with Crippen LogP contribution in [0.2, 0.25) is 0 Å². The largest absolute Gasteiger partial charge is 0.383 e. The van der Waals surface area contributed by atoms with E-state index in [1.165, 1.54) is 11.3 Å². The first kappa shape index (κ1) is 17.3. The summed E-state index contributed by atoms with van der Waals surface area (Å²) in [5.74, 6) is 0.268. The first-order valence-electron chi connectivity index (χ1n) is 8.45. The Morgan fingerprint density at radius 1 is 1.25 bits per heavy atom. The van der Waals surface area contributed by atoms with Crippen molar-refractivity contribution in [3.05, 3.63) is 29.3 Å². The second-order valence-electron chi connectivity index (χ2n) is 6.77. The van der Waals surface area contributed by atoms with E-state index in [-0.39, 0.29) is 6.04 Å². The van der Waals surface area contributed by atoms with Crippen LogP contribution >= 0.6 is 11.3 Å². The minimum Gasteiger partial charge on any atom is -0.383 e. The van der Waals surface area contributed by atoms with Crippen LogP contribution in [-0.4, -0.2) is 45.2 Å². The zero-order valence-electron chi connectivity index (χ0n) is 14.1. The molecule has 1 fully saturated rings. The maximum Gasteiger partial charge on any atom is 0.254 e. The molecule has 0 aliphatic heterocycles. The van der Waals surface area contributed by atoms with Crippen molar-refractivity contribution in [1.29, 1.82) is 0 Å². The number of likely N-dealkylation sites (N-methyl/N-ethyl adjacent to an activating group) is 1. The zero-order chi connectivity index (χ0) is 17.3. The molecule has 3 rings (SSSR count). The standard InChI is InChI=1S/C18H24N2O3S/c1-11-7-9-12(10-8-11)20(2)18(23)16(22)15(21)17-19-13-5-3-4-6-14(13)24-17/h3-6,11-12,15-16,21-22H,7-10H2,1-2H3. The van der Waals surface area contributed by atoms with Crippen molar-refractivity contribution in [3.63, 3.8) is 0 Å². The number of fused-ring (bicyclic) bond motifs is 1. The van der Waals surface area contributed by atoms with Gasteiger partial charge >= 0.3 is 0 Å². The summed E-state index contributed by atoms with van der Waals surface area (Å²) in [5, 5.41) is 21.1. The van der Waals surface area contributed by atoms with Gasteiger partial charge in [0.2, 0.25) is 0 Å². The Hall–Kier alpha value is -1.50. The molecule has 0 saturated heterocycles. The lowest BCUT2D eigenvalue weighted by Crippen LogP contribution is -2.46. The summed E-state index contributed by atoms with van der Waals surface area (Å²) < 4.78 is 0.931. The topological polar surface area (TPSA) is 73.7 Å². The molecule has 1 aliphatic carbocycles. The fraction of sp³-hybridized carbons (Fsp3) is 0.556. The average molecular weight is 348 g/mol. The van der Waals surface area contributed by atoms with Gasteiger partial charge in [0.1, 0.15) is 11.1 Å². The summed E-state index contributed by atoms with van der Waals surface area (Å²) in [6.45, 7) is 2.23. The van der Waals surface area contributed by atoms with Gasteiger partial charge in [-0.25, -0.2) is 4.98 Å². The van der Waals surface area contributed by atoms with Crippen molar-refractivity contribution in [2.45, 2.75) is 50.9 Å². The van der Waals surface area contributed by atoms with Crippen molar-refractivity contribution in [2.75, 3.05) is 7.05 Å². The normalized spacial score (nSPS) is 23.8. The number of benzene rings is 1. The Morgan fingerprint density at radius 3 is 2.58 bits per heavy atom. The number of hydrogen-bond acceptors (Lipinski definition) is 5. The van der Waals surface area contributed by atoms with E-state index in [2.05, 4.69) is 11.9 Å². The predicted molar refractivity (Wildman–Crippen MR) is 94.8 cm³/mol. The van der Waals surface area contributed by atoms with Gasteiger partial charge in [0, 0.05) is 13.1 Å². The molecule has 0 radical (unpaired) electrons. The molecule has 1 aliphatic rings. The van der Waals surface area contributed by atoms with Crippen LogP contribution in [-0.2, 0) is 4.79 Å². The number of aliphatic hydroxyl groups excluding tert-OH is 2. The Morgan fingerprint density at radius 2 is 1.92 bits per heavy atom. The molecule has 1 amide bonds. The summed E-state index contributed by atoms with van der Waals surface area (Å²) in [6, 6.07) is 7.68. The number of rotatable bonds is 4. The highest BCUT2D eigenvalue weighted by atomic mass is 32.1. The van der Waals surface area contributed by atoms with Crippen LogP contribution in [0.1, 0.15) is 43.7 Å². The molecule has 2 aromatic rings. The molecular formula is C18H24N2O3S. The van der Waals surface area contributed by atoms with Gasteiger partial charge in [0.25, 0.3) is 5.91 Å². The monoisotopic (exact) mass is 348 g/mol. The van der Waals surface area contributed by atoms with Gasteiger partial charge in [0.05, 0.1) is 10.2 Å². The number of aromatic nitrogens is 1. The highest BCUT2D eigenvalue weighted by molar-refractivity contribution is 7.18. The number of nitrogens with zero attached hydrogens (tertiary/aromatic N) is 2. The molecule has 1 heterocycles. The Balaban J connectivity index is 1.69. The molecule has 24 heavy (non-hydrogen) atoms. The van der Waals surface area contributed by atoms with Crippen molar-refractivity contribution >= 4 is 27.5 Å². The van der Waals surface area contributed by atoms with Gasteiger partial charge in [-0.1, -0.05) is 19.1 Å². The summed E-state index contributed by atoms with van der Waals surface area (Å²) in [6.07, 6.45) is 1.33. The van der Waals surface area contributed by atoms with Crippen molar-refractivity contribution in [2.24, 2.45) is 5.92 Å². The summed E-state index contributed by atoms with van der Waals surface area (Å²) in [7, 11) is 1.72. The molecular weight excluding hydrogens is 324 g/mol. The number of carbonyl (C=O) groups excluding carboxylic acids is 1. The molecule has 0 spiro atoms. The van der Waals surface area contributed by atoms with Crippen LogP contribution < -0.4 is 0 Å². The minimum absolute atomic E-state index is 0.144. The highest BCUT2D eigenvalue weighted by Crippen LogP contribution is 2.30. The lowest BCUT2D eigenvalue weighted by molar-refractivity contribution is -0.148. The molecule has 1 aromatic heterocycles. The Bertz CT molecular complexity index is 676. The van der Waals surface area contributed by atoms with Gasteiger partial charge in [-0.3, -0.25) is 4.79 Å². The lowest BCUT2D eigenvalue weighted by atomic mass is 9.86. The number of aliphatic hydroxyl groups is 2. The number of carbonyl (C=O) groups is 1. The van der Waals surface area contributed by atoms with Crippen molar-refractivity contribution in [3.8, 4) is 0 Å². The predicted octanol–water partition coefficient (Wildman–Crippen LogP) is 2.73. The van der Waals surface area contributed by atoms with Crippen LogP contribution in [0, 0.1) is 5.92 Å². The summed E-state index contributed by atoms with van der Waals surface area (Å²) in [4.78, 5) is 18.5. The van der Waals surface area contributed by atoms with Crippen molar-refractivity contribution in [1.82, 2.24) is 9.88 Å². The number of amides is 1. The van der Waals surface area contributed by atoms with E-state index in [0.717, 1.165) is 35.9 Å². The quantitative estimate of drug-likeness (QED) is 0.891. The maximum atomic E-state index is 12.5. The van der Waals surface area contributed by atoms with Gasteiger partial charge in [-0.2, -0.15) is 0 Å². The zero-order valence-corrected chi connectivity index (χ0v) is 14.9. The maximum absolute atomic E-state index is 12.5. The molecule has 0 bridgehead atoms. The van der Waals surface area contributed by atoms with Gasteiger partial charge in [0.15, 0.2) is 6.10 Å². The van der Waals surface area contributed by atoms with Gasteiger partial charge < -0.3 is 15.1 Å². The third-order valence-corrected chi connectivity index (χ3v) is 6.10. The van der Waals surface area contributed by atoms with Gasteiger partial charge in [-0.05, 0) is 43.7 Å². The molecule has 6 heteroatoms. The summed E-state index contributed by atoms with van der Waals surface area (Å²) >= 11 is 1.31.